The summed E-state index contributed by atoms with van der Waals surface area (Å²) in [7, 11) is 1.70. The summed E-state index contributed by atoms with van der Waals surface area (Å²) in [5.74, 6) is 1.65. The molecule has 0 aliphatic heterocycles. The van der Waals surface area contributed by atoms with E-state index in [0.29, 0.717) is 16.6 Å². The first-order valence-electron chi connectivity index (χ1n) is 6.44. The van der Waals surface area contributed by atoms with Crippen LogP contribution in [-0.2, 0) is 11.3 Å². The Morgan fingerprint density at radius 1 is 1.15 bits per heavy atom. The van der Waals surface area contributed by atoms with Gasteiger partial charge >= 0.3 is 0 Å². The van der Waals surface area contributed by atoms with E-state index in [1.54, 1.807) is 13.2 Å². The summed E-state index contributed by atoms with van der Waals surface area (Å²) in [5, 5.41) is 4.50. The predicted molar refractivity (Wildman–Crippen MR) is 82.4 cm³/mol. The molecule has 5 heteroatoms. The van der Waals surface area contributed by atoms with Gasteiger partial charge in [-0.05, 0) is 43.3 Å². The molecule has 1 heterocycles. The molecular formula is C15H17Cl2NO2. The van der Waals surface area contributed by atoms with Crippen LogP contribution in [0.25, 0.3) is 11.3 Å². The smallest absolute Gasteiger partial charge is 0.134 e. The van der Waals surface area contributed by atoms with Crippen molar-refractivity contribution in [1.29, 1.82) is 0 Å². The van der Waals surface area contributed by atoms with Crippen LogP contribution in [0.1, 0.15) is 12.2 Å². The van der Waals surface area contributed by atoms with E-state index < -0.39 is 0 Å². The minimum absolute atomic E-state index is 0.600. The number of methoxy groups -OCH3 is 1. The quantitative estimate of drug-likeness (QED) is 0.770. The summed E-state index contributed by atoms with van der Waals surface area (Å²) < 4.78 is 10.8. The number of rotatable bonds is 7. The third kappa shape index (κ3) is 4.53. The highest BCUT2D eigenvalue weighted by Crippen LogP contribution is 2.28. The fourth-order valence-electron chi connectivity index (χ4n) is 1.88. The van der Waals surface area contributed by atoms with Crippen molar-refractivity contribution >= 4 is 23.2 Å². The van der Waals surface area contributed by atoms with Gasteiger partial charge in [0, 0.05) is 29.3 Å². The van der Waals surface area contributed by atoms with Gasteiger partial charge in [-0.2, -0.15) is 0 Å². The number of furan rings is 1. The van der Waals surface area contributed by atoms with Crippen LogP contribution in [0, 0.1) is 0 Å². The van der Waals surface area contributed by atoms with E-state index in [4.69, 9.17) is 32.4 Å². The van der Waals surface area contributed by atoms with E-state index in [0.717, 1.165) is 36.7 Å². The Hall–Kier alpha value is -1.00. The van der Waals surface area contributed by atoms with Crippen molar-refractivity contribution in [3.8, 4) is 11.3 Å². The molecule has 0 fully saturated rings. The summed E-state index contributed by atoms with van der Waals surface area (Å²) in [6.07, 6.45) is 0.980. The number of nitrogens with one attached hydrogen (secondary N) is 1. The van der Waals surface area contributed by atoms with E-state index in [2.05, 4.69) is 5.32 Å². The molecule has 108 valence electrons. The topological polar surface area (TPSA) is 34.4 Å². The molecule has 1 aromatic heterocycles. The molecule has 0 saturated heterocycles. The molecule has 0 aliphatic carbocycles. The van der Waals surface area contributed by atoms with Crippen LogP contribution in [0.2, 0.25) is 10.0 Å². The summed E-state index contributed by atoms with van der Waals surface area (Å²) >= 11 is 12.0. The first kappa shape index (κ1) is 15.4. The minimum atomic E-state index is 0.600. The standard InChI is InChI=1S/C15H17Cl2NO2/c1-19-6-2-5-18-10-14-3-4-15(20-14)11-7-12(16)9-13(17)8-11/h3-4,7-9,18H,2,5-6,10H2,1H3. The van der Waals surface area contributed by atoms with Gasteiger partial charge in [0.15, 0.2) is 0 Å². The maximum atomic E-state index is 5.99. The van der Waals surface area contributed by atoms with Gasteiger partial charge in [-0.15, -0.1) is 0 Å². The Bertz CT molecular complexity index is 534. The van der Waals surface area contributed by atoms with Gasteiger partial charge in [0.05, 0.1) is 6.54 Å². The Labute approximate surface area is 128 Å². The predicted octanol–water partition coefficient (Wildman–Crippen LogP) is 4.38. The van der Waals surface area contributed by atoms with Crippen LogP contribution in [-0.4, -0.2) is 20.3 Å². The van der Waals surface area contributed by atoms with Crippen LogP contribution in [0.15, 0.2) is 34.7 Å². The van der Waals surface area contributed by atoms with Gasteiger partial charge in [-0.3, -0.25) is 0 Å². The van der Waals surface area contributed by atoms with E-state index in [9.17, 15) is 0 Å². The average Bonchev–Trinajstić information content (AvgIpc) is 2.86. The molecule has 1 aromatic carbocycles. The lowest BCUT2D eigenvalue weighted by Crippen LogP contribution is -2.15. The zero-order valence-corrected chi connectivity index (χ0v) is 12.8. The molecule has 0 radical (unpaired) electrons. The molecule has 3 nitrogen and oxygen atoms in total. The lowest BCUT2D eigenvalue weighted by molar-refractivity contribution is 0.194. The second-order valence-corrected chi connectivity index (χ2v) is 5.32. The maximum Gasteiger partial charge on any atom is 0.134 e. The summed E-state index contributed by atoms with van der Waals surface area (Å²) in [6.45, 7) is 2.35. The van der Waals surface area contributed by atoms with Crippen LogP contribution in [0.3, 0.4) is 0 Å². The summed E-state index contributed by atoms with van der Waals surface area (Å²) in [4.78, 5) is 0. The van der Waals surface area contributed by atoms with Gasteiger partial charge in [0.25, 0.3) is 0 Å². The molecule has 0 saturated carbocycles. The molecule has 0 amide bonds. The van der Waals surface area contributed by atoms with Crippen molar-refractivity contribution in [1.82, 2.24) is 5.32 Å². The number of hydrogen-bond donors (Lipinski definition) is 1. The molecule has 2 rings (SSSR count). The Morgan fingerprint density at radius 3 is 2.60 bits per heavy atom. The van der Waals surface area contributed by atoms with Gasteiger partial charge in [-0.25, -0.2) is 0 Å². The Kier molecular flexibility index (Phi) is 5.92. The van der Waals surface area contributed by atoms with Crippen molar-refractivity contribution in [2.75, 3.05) is 20.3 Å². The monoisotopic (exact) mass is 313 g/mol. The van der Waals surface area contributed by atoms with Crippen molar-refractivity contribution in [2.24, 2.45) is 0 Å². The second-order valence-electron chi connectivity index (χ2n) is 4.45. The lowest BCUT2D eigenvalue weighted by atomic mass is 10.2. The fraction of sp³-hybridized carbons (Fsp3) is 0.333. The van der Waals surface area contributed by atoms with Crippen LogP contribution in [0.5, 0.6) is 0 Å². The van der Waals surface area contributed by atoms with Crippen molar-refractivity contribution in [3.63, 3.8) is 0 Å². The number of halogens is 2. The van der Waals surface area contributed by atoms with E-state index in [-0.39, 0.29) is 0 Å². The Balaban J connectivity index is 1.94. The van der Waals surface area contributed by atoms with Gasteiger partial charge in [0.1, 0.15) is 11.5 Å². The van der Waals surface area contributed by atoms with E-state index in [1.807, 2.05) is 24.3 Å². The molecule has 0 bridgehead atoms. The van der Waals surface area contributed by atoms with Crippen LogP contribution in [0.4, 0.5) is 0 Å². The molecule has 0 atom stereocenters. The first-order chi connectivity index (χ1) is 9.69. The molecule has 2 aromatic rings. The maximum absolute atomic E-state index is 5.99. The average molecular weight is 314 g/mol. The van der Waals surface area contributed by atoms with Crippen LogP contribution < -0.4 is 5.32 Å². The molecule has 0 spiro atoms. The SMILES string of the molecule is COCCCNCc1ccc(-c2cc(Cl)cc(Cl)c2)o1. The first-order valence-corrected chi connectivity index (χ1v) is 7.19. The normalized spacial score (nSPS) is 10.9. The zero-order chi connectivity index (χ0) is 14.4. The largest absolute Gasteiger partial charge is 0.460 e. The van der Waals surface area contributed by atoms with Gasteiger partial charge in [0.2, 0.25) is 0 Å². The van der Waals surface area contributed by atoms with Gasteiger partial charge < -0.3 is 14.5 Å². The van der Waals surface area contributed by atoms with Gasteiger partial charge in [-0.1, -0.05) is 23.2 Å². The number of ether oxygens (including phenoxy) is 1. The minimum Gasteiger partial charge on any atom is -0.460 e. The van der Waals surface area contributed by atoms with Crippen molar-refractivity contribution in [2.45, 2.75) is 13.0 Å². The summed E-state index contributed by atoms with van der Waals surface area (Å²) in [5.41, 5.74) is 0.883. The third-order valence-electron chi connectivity index (χ3n) is 2.81. The third-order valence-corrected chi connectivity index (χ3v) is 3.25. The fourth-order valence-corrected chi connectivity index (χ4v) is 2.40. The number of hydrogen-bond acceptors (Lipinski definition) is 3. The Morgan fingerprint density at radius 2 is 1.90 bits per heavy atom. The summed E-state index contributed by atoms with van der Waals surface area (Å²) in [6, 6.07) is 9.25. The molecule has 0 unspecified atom stereocenters. The molecular weight excluding hydrogens is 297 g/mol. The van der Waals surface area contributed by atoms with Crippen molar-refractivity contribution < 1.29 is 9.15 Å². The highest BCUT2D eigenvalue weighted by molar-refractivity contribution is 6.35. The highest BCUT2D eigenvalue weighted by atomic mass is 35.5. The van der Waals surface area contributed by atoms with E-state index >= 15 is 0 Å². The lowest BCUT2D eigenvalue weighted by Gasteiger charge is -2.02. The number of benzene rings is 1. The highest BCUT2D eigenvalue weighted by Gasteiger charge is 2.06. The zero-order valence-electron chi connectivity index (χ0n) is 11.3. The van der Waals surface area contributed by atoms with E-state index in [1.165, 1.54) is 0 Å². The van der Waals surface area contributed by atoms with Crippen molar-refractivity contribution in [3.05, 3.63) is 46.1 Å². The molecule has 20 heavy (non-hydrogen) atoms. The molecule has 1 N–H and O–H groups in total. The second kappa shape index (κ2) is 7.70. The molecule has 0 aliphatic rings. The van der Waals surface area contributed by atoms with Crippen LogP contribution >= 0.6 is 23.2 Å².